The fourth-order valence-electron chi connectivity index (χ4n) is 2.92. The second-order valence-electron chi connectivity index (χ2n) is 7.69. The van der Waals surface area contributed by atoms with Crippen LogP contribution in [0.15, 0.2) is 35.6 Å². The summed E-state index contributed by atoms with van der Waals surface area (Å²) in [4.78, 5) is 27.1. The number of halogens is 1. The van der Waals surface area contributed by atoms with Gasteiger partial charge >= 0.3 is 0 Å². The number of rotatable bonds is 14. The SMILES string of the molecule is CCC/C=N/N(CCCCc1ccc(NC(=O)Cc2ccc(Cl)nc2)nn1)CC(C)C=O. The van der Waals surface area contributed by atoms with Crippen molar-refractivity contribution in [1.82, 2.24) is 20.2 Å². The molecule has 1 atom stereocenters. The summed E-state index contributed by atoms with van der Waals surface area (Å²) in [6, 6.07) is 7.05. The highest BCUT2D eigenvalue weighted by Gasteiger charge is 2.08. The number of amides is 1. The molecule has 2 aromatic heterocycles. The molecule has 0 fully saturated rings. The van der Waals surface area contributed by atoms with Crippen molar-refractivity contribution >= 4 is 35.8 Å². The Hall–Kier alpha value is -2.87. The van der Waals surface area contributed by atoms with Gasteiger partial charge in [-0.25, -0.2) is 4.98 Å². The second-order valence-corrected chi connectivity index (χ2v) is 8.08. The van der Waals surface area contributed by atoms with Gasteiger partial charge < -0.3 is 10.1 Å². The Kier molecular flexibility index (Phi) is 11.3. The van der Waals surface area contributed by atoms with Crippen molar-refractivity contribution in [2.45, 2.75) is 52.4 Å². The van der Waals surface area contributed by atoms with Gasteiger partial charge in [-0.1, -0.05) is 37.9 Å². The average molecular weight is 459 g/mol. The van der Waals surface area contributed by atoms with Crippen molar-refractivity contribution < 1.29 is 9.59 Å². The lowest BCUT2D eigenvalue weighted by Gasteiger charge is -2.20. The van der Waals surface area contributed by atoms with Crippen molar-refractivity contribution in [3.63, 3.8) is 0 Å². The molecule has 1 N–H and O–H groups in total. The van der Waals surface area contributed by atoms with E-state index in [1.54, 1.807) is 24.4 Å². The van der Waals surface area contributed by atoms with Gasteiger partial charge in [-0.3, -0.25) is 9.80 Å². The Morgan fingerprint density at radius 3 is 2.75 bits per heavy atom. The molecule has 0 aliphatic carbocycles. The van der Waals surface area contributed by atoms with Crippen LogP contribution in [0.5, 0.6) is 0 Å². The van der Waals surface area contributed by atoms with E-state index >= 15 is 0 Å². The van der Waals surface area contributed by atoms with Crippen LogP contribution in [0.2, 0.25) is 5.15 Å². The highest BCUT2D eigenvalue weighted by atomic mass is 35.5. The van der Waals surface area contributed by atoms with Crippen LogP contribution in [0.4, 0.5) is 5.82 Å². The number of pyridine rings is 1. The molecule has 0 saturated carbocycles. The van der Waals surface area contributed by atoms with E-state index in [1.807, 2.05) is 24.2 Å². The highest BCUT2D eigenvalue weighted by Crippen LogP contribution is 2.09. The van der Waals surface area contributed by atoms with Crippen molar-refractivity contribution in [2.24, 2.45) is 11.0 Å². The Balaban J connectivity index is 1.74. The lowest BCUT2D eigenvalue weighted by Crippen LogP contribution is -2.25. The van der Waals surface area contributed by atoms with Crippen LogP contribution in [0.1, 0.15) is 50.8 Å². The topological polar surface area (TPSA) is 100 Å². The first-order valence-electron chi connectivity index (χ1n) is 11.0. The van der Waals surface area contributed by atoms with Gasteiger partial charge in [0.1, 0.15) is 11.4 Å². The van der Waals surface area contributed by atoms with Gasteiger partial charge in [0, 0.05) is 31.4 Å². The number of hydrogen-bond acceptors (Lipinski definition) is 7. The van der Waals surface area contributed by atoms with E-state index in [4.69, 9.17) is 11.6 Å². The molecule has 172 valence electrons. The van der Waals surface area contributed by atoms with Crippen LogP contribution in [-0.4, -0.2) is 51.7 Å². The van der Waals surface area contributed by atoms with Crippen LogP contribution >= 0.6 is 11.6 Å². The van der Waals surface area contributed by atoms with Crippen molar-refractivity contribution in [2.75, 3.05) is 18.4 Å². The molecule has 0 radical (unpaired) electrons. The monoisotopic (exact) mass is 458 g/mol. The van der Waals surface area contributed by atoms with Crippen LogP contribution < -0.4 is 5.32 Å². The largest absolute Gasteiger partial charge is 0.309 e. The third-order valence-electron chi connectivity index (χ3n) is 4.63. The smallest absolute Gasteiger partial charge is 0.230 e. The molecule has 0 spiro atoms. The van der Waals surface area contributed by atoms with Gasteiger partial charge in [-0.2, -0.15) is 10.2 Å². The van der Waals surface area contributed by atoms with Gasteiger partial charge in [0.15, 0.2) is 5.82 Å². The normalized spacial score (nSPS) is 12.0. The molecule has 2 rings (SSSR count). The van der Waals surface area contributed by atoms with Crippen LogP contribution in [-0.2, 0) is 22.4 Å². The van der Waals surface area contributed by atoms with Gasteiger partial charge in [0.05, 0.1) is 12.1 Å². The zero-order valence-corrected chi connectivity index (χ0v) is 19.5. The summed E-state index contributed by atoms with van der Waals surface area (Å²) >= 11 is 5.75. The summed E-state index contributed by atoms with van der Waals surface area (Å²) in [7, 11) is 0. The summed E-state index contributed by atoms with van der Waals surface area (Å²) in [5.41, 5.74) is 1.64. The van der Waals surface area contributed by atoms with Gasteiger partial charge in [0.2, 0.25) is 5.91 Å². The summed E-state index contributed by atoms with van der Waals surface area (Å²) < 4.78 is 0. The quantitative estimate of drug-likeness (QED) is 0.151. The van der Waals surface area contributed by atoms with Crippen molar-refractivity contribution in [3.8, 4) is 0 Å². The third kappa shape index (κ3) is 9.96. The summed E-state index contributed by atoms with van der Waals surface area (Å²) in [5, 5.41) is 17.9. The van der Waals surface area contributed by atoms with E-state index in [2.05, 4.69) is 32.5 Å². The molecule has 2 heterocycles. The number of hydrazone groups is 1. The fraction of sp³-hybridized carbons (Fsp3) is 0.478. The first-order chi connectivity index (χ1) is 15.5. The second kappa shape index (κ2) is 14.2. The lowest BCUT2D eigenvalue weighted by atomic mass is 10.1. The van der Waals surface area contributed by atoms with E-state index in [0.717, 1.165) is 56.2 Å². The van der Waals surface area contributed by atoms with Gasteiger partial charge in [-0.05, 0) is 49.4 Å². The number of hydrogen-bond donors (Lipinski definition) is 1. The molecule has 32 heavy (non-hydrogen) atoms. The molecular weight excluding hydrogens is 428 g/mol. The highest BCUT2D eigenvalue weighted by molar-refractivity contribution is 6.29. The molecule has 2 aromatic rings. The Labute approximate surface area is 194 Å². The molecule has 8 nitrogen and oxygen atoms in total. The number of unbranched alkanes of at least 4 members (excludes halogenated alkanes) is 2. The minimum atomic E-state index is -0.190. The molecule has 1 unspecified atom stereocenters. The molecule has 1 amide bonds. The third-order valence-corrected chi connectivity index (χ3v) is 4.86. The summed E-state index contributed by atoms with van der Waals surface area (Å²) in [6.45, 7) is 5.43. The van der Waals surface area contributed by atoms with Crippen LogP contribution in [0.25, 0.3) is 0 Å². The fourth-order valence-corrected chi connectivity index (χ4v) is 3.03. The minimum Gasteiger partial charge on any atom is -0.309 e. The average Bonchev–Trinajstić information content (AvgIpc) is 2.79. The van der Waals surface area contributed by atoms with Crippen molar-refractivity contribution in [3.05, 3.63) is 46.9 Å². The number of nitrogens with zero attached hydrogens (tertiary/aromatic N) is 5. The molecule has 9 heteroatoms. The summed E-state index contributed by atoms with van der Waals surface area (Å²) in [5.74, 6) is 0.183. The van der Waals surface area contributed by atoms with E-state index in [9.17, 15) is 9.59 Å². The first-order valence-corrected chi connectivity index (χ1v) is 11.3. The summed E-state index contributed by atoms with van der Waals surface area (Å²) in [6.07, 6.45) is 9.27. The van der Waals surface area contributed by atoms with E-state index in [0.29, 0.717) is 17.5 Å². The predicted octanol–water partition coefficient (Wildman–Crippen LogP) is 3.95. The van der Waals surface area contributed by atoms with Gasteiger partial charge in [0.25, 0.3) is 0 Å². The zero-order valence-electron chi connectivity index (χ0n) is 18.7. The maximum Gasteiger partial charge on any atom is 0.230 e. The number of aryl methyl sites for hydroxylation is 1. The number of carbonyl (C=O) groups excluding carboxylic acids is 2. The Morgan fingerprint density at radius 2 is 2.09 bits per heavy atom. The number of aldehydes is 1. The molecular formula is C23H31ClN6O2. The van der Waals surface area contributed by atoms with Crippen LogP contribution in [0, 0.1) is 5.92 Å². The molecule has 0 bridgehead atoms. The van der Waals surface area contributed by atoms with E-state index in [-0.39, 0.29) is 18.2 Å². The molecule has 0 aliphatic rings. The lowest BCUT2D eigenvalue weighted by molar-refractivity contribution is -0.115. The van der Waals surface area contributed by atoms with Crippen molar-refractivity contribution in [1.29, 1.82) is 0 Å². The first kappa shape index (κ1) is 25.4. The Bertz CT molecular complexity index is 858. The van der Waals surface area contributed by atoms with E-state index < -0.39 is 0 Å². The number of carbonyl (C=O) groups is 2. The molecule has 0 aromatic carbocycles. The zero-order chi connectivity index (χ0) is 23.2. The Morgan fingerprint density at radius 1 is 1.25 bits per heavy atom. The minimum absolute atomic E-state index is 0.0432. The standard InChI is InChI=1S/C23H31ClN6O2/c1-3-4-12-26-30(16-18(2)17-31)13-6-5-7-20-9-11-22(29-28-20)27-23(32)14-19-8-10-21(24)25-15-19/h8-12,15,17-18H,3-7,13-14,16H2,1-2H3,(H,27,29,32)/b26-12+. The number of aromatic nitrogens is 3. The number of anilines is 1. The van der Waals surface area contributed by atoms with E-state index in [1.165, 1.54) is 0 Å². The molecule has 0 saturated heterocycles. The van der Waals surface area contributed by atoms with Crippen LogP contribution in [0.3, 0.4) is 0 Å². The number of nitrogens with one attached hydrogen (secondary N) is 1. The van der Waals surface area contributed by atoms with Gasteiger partial charge in [-0.15, -0.1) is 5.10 Å². The maximum atomic E-state index is 12.1. The predicted molar refractivity (Wildman–Crippen MR) is 127 cm³/mol. The maximum absolute atomic E-state index is 12.1. The molecule has 0 aliphatic heterocycles.